The first-order valence-electron chi connectivity index (χ1n) is 4.12. The molecule has 0 amide bonds. The van der Waals surface area contributed by atoms with Crippen LogP contribution in [0.25, 0.3) is 10.1 Å². The molecule has 68 valence electrons. The lowest BCUT2D eigenvalue weighted by molar-refractivity contribution is 0.491. The molecule has 13 heavy (non-hydrogen) atoms. The van der Waals surface area contributed by atoms with Gasteiger partial charge in [-0.25, -0.2) is 0 Å². The van der Waals surface area contributed by atoms with E-state index in [1.54, 1.807) is 0 Å². The molecule has 1 aromatic heterocycles. The molecule has 2 rings (SSSR count). The highest BCUT2D eigenvalue weighted by Crippen LogP contribution is 2.34. The number of benzene rings is 1. The summed E-state index contributed by atoms with van der Waals surface area (Å²) in [5.41, 5.74) is 1.34. The summed E-state index contributed by atoms with van der Waals surface area (Å²) in [6, 6.07) is 6.04. The van der Waals surface area contributed by atoms with E-state index < -0.39 is 0 Å². The van der Waals surface area contributed by atoms with Crippen molar-refractivity contribution in [2.75, 3.05) is 0 Å². The van der Waals surface area contributed by atoms with Crippen molar-refractivity contribution < 1.29 is 5.11 Å². The van der Waals surface area contributed by atoms with Crippen LogP contribution in [0.1, 0.15) is 12.5 Å². The van der Waals surface area contributed by atoms with Crippen LogP contribution >= 0.6 is 33.9 Å². The van der Waals surface area contributed by atoms with Crippen LogP contribution in [0.3, 0.4) is 0 Å². The number of aryl methyl sites for hydroxylation is 1. The molecule has 1 aromatic carbocycles. The van der Waals surface area contributed by atoms with Crippen LogP contribution in [0.2, 0.25) is 0 Å². The van der Waals surface area contributed by atoms with Gasteiger partial charge in [0.1, 0.15) is 0 Å². The van der Waals surface area contributed by atoms with Crippen LogP contribution in [0.15, 0.2) is 18.2 Å². The molecule has 1 heterocycles. The summed E-state index contributed by atoms with van der Waals surface area (Å²) in [5, 5.41) is 11.0. The Morgan fingerprint density at radius 3 is 2.92 bits per heavy atom. The monoisotopic (exact) mass is 304 g/mol. The lowest BCUT2D eigenvalue weighted by Gasteiger charge is -2.01. The maximum absolute atomic E-state index is 9.38. The Bertz CT molecular complexity index is 447. The van der Waals surface area contributed by atoms with Gasteiger partial charge in [0.2, 0.25) is 0 Å². The van der Waals surface area contributed by atoms with Crippen molar-refractivity contribution in [3.63, 3.8) is 0 Å². The van der Waals surface area contributed by atoms with Crippen molar-refractivity contribution in [2.24, 2.45) is 0 Å². The van der Waals surface area contributed by atoms with E-state index in [-0.39, 0.29) is 0 Å². The molecule has 0 atom stereocenters. The molecule has 0 radical (unpaired) electrons. The van der Waals surface area contributed by atoms with Crippen molar-refractivity contribution in [1.82, 2.24) is 0 Å². The second kappa shape index (κ2) is 3.46. The molecule has 0 fully saturated rings. The van der Waals surface area contributed by atoms with E-state index in [1.165, 1.54) is 30.6 Å². The Balaban J connectivity index is 2.82. The minimum atomic E-state index is 0.409. The third-order valence-electron chi connectivity index (χ3n) is 2.10. The lowest BCUT2D eigenvalue weighted by Crippen LogP contribution is -1.85. The largest absolute Gasteiger partial charge is 0.499 e. The third kappa shape index (κ3) is 1.55. The molecule has 0 saturated heterocycles. The fourth-order valence-electron chi connectivity index (χ4n) is 1.49. The zero-order valence-electron chi connectivity index (χ0n) is 7.17. The number of thiophene rings is 1. The Morgan fingerprint density at radius 1 is 1.46 bits per heavy atom. The molecule has 0 bridgehead atoms. The number of rotatable bonds is 1. The van der Waals surface area contributed by atoms with Crippen molar-refractivity contribution in [1.29, 1.82) is 0 Å². The van der Waals surface area contributed by atoms with Gasteiger partial charge < -0.3 is 5.11 Å². The Morgan fingerprint density at radius 2 is 2.23 bits per heavy atom. The molecular weight excluding hydrogens is 295 g/mol. The van der Waals surface area contributed by atoms with E-state index in [0.717, 1.165) is 6.42 Å². The van der Waals surface area contributed by atoms with Gasteiger partial charge in [0.25, 0.3) is 0 Å². The van der Waals surface area contributed by atoms with E-state index >= 15 is 0 Å². The summed E-state index contributed by atoms with van der Waals surface area (Å²) in [4.78, 5) is 0. The molecule has 3 heteroatoms. The van der Waals surface area contributed by atoms with Crippen LogP contribution in [0.4, 0.5) is 0 Å². The minimum absolute atomic E-state index is 0.409. The van der Waals surface area contributed by atoms with Crippen LogP contribution < -0.4 is 0 Å². The Hall–Kier alpha value is -0.290. The fourth-order valence-corrected chi connectivity index (χ4v) is 3.17. The number of hydrogen-bond donors (Lipinski definition) is 1. The molecule has 0 saturated carbocycles. The standard InChI is InChI=1S/C10H9IOS/c1-2-6-7-5-10(12)13-9(7)4-3-8(6)11/h3-5,12H,2H2,1H3. The quantitative estimate of drug-likeness (QED) is 0.795. The molecule has 0 aliphatic carbocycles. The Labute approximate surface area is 94.5 Å². The summed E-state index contributed by atoms with van der Waals surface area (Å²) >= 11 is 3.78. The van der Waals surface area contributed by atoms with Crippen molar-refractivity contribution in [3.05, 3.63) is 27.3 Å². The van der Waals surface area contributed by atoms with E-state index in [2.05, 4.69) is 41.6 Å². The van der Waals surface area contributed by atoms with E-state index in [9.17, 15) is 5.11 Å². The van der Waals surface area contributed by atoms with Gasteiger partial charge in [0, 0.05) is 13.7 Å². The molecule has 0 unspecified atom stereocenters. The van der Waals surface area contributed by atoms with Gasteiger partial charge in [0.05, 0.1) is 0 Å². The molecule has 2 aromatic rings. The van der Waals surface area contributed by atoms with Gasteiger partial charge in [-0.3, -0.25) is 0 Å². The molecule has 1 nitrogen and oxygen atoms in total. The summed E-state index contributed by atoms with van der Waals surface area (Å²) in [6.45, 7) is 2.14. The zero-order chi connectivity index (χ0) is 9.42. The highest BCUT2D eigenvalue weighted by Gasteiger charge is 2.07. The van der Waals surface area contributed by atoms with Crippen LogP contribution in [-0.2, 0) is 6.42 Å². The summed E-state index contributed by atoms with van der Waals surface area (Å²) in [6.07, 6.45) is 1.02. The maximum Gasteiger partial charge on any atom is 0.172 e. The normalized spacial score (nSPS) is 10.9. The first-order chi connectivity index (χ1) is 6.22. The van der Waals surface area contributed by atoms with Gasteiger partial charge in [-0.15, -0.1) is 0 Å². The van der Waals surface area contributed by atoms with E-state index in [1.807, 2.05) is 6.07 Å². The summed E-state index contributed by atoms with van der Waals surface area (Å²) in [5.74, 6) is 0. The third-order valence-corrected chi connectivity index (χ3v) is 4.01. The second-order valence-corrected chi connectivity index (χ2v) is 5.10. The van der Waals surface area contributed by atoms with Crippen LogP contribution in [0, 0.1) is 3.57 Å². The van der Waals surface area contributed by atoms with Gasteiger partial charge in [-0.1, -0.05) is 18.3 Å². The summed E-state index contributed by atoms with van der Waals surface area (Å²) < 4.78 is 2.46. The van der Waals surface area contributed by atoms with Crippen LogP contribution in [0.5, 0.6) is 5.06 Å². The van der Waals surface area contributed by atoms with E-state index in [0.29, 0.717) is 5.06 Å². The second-order valence-electron chi connectivity index (χ2n) is 2.88. The number of hydrogen-bond acceptors (Lipinski definition) is 2. The zero-order valence-corrected chi connectivity index (χ0v) is 10.1. The van der Waals surface area contributed by atoms with Gasteiger partial charge >= 0.3 is 0 Å². The SMILES string of the molecule is CCc1c(I)ccc2sc(O)cc12. The first kappa shape index (κ1) is 9.27. The Kier molecular flexibility index (Phi) is 2.47. The fraction of sp³-hybridized carbons (Fsp3) is 0.200. The van der Waals surface area contributed by atoms with E-state index in [4.69, 9.17) is 0 Å². The molecule has 0 aliphatic heterocycles. The predicted octanol–water partition coefficient (Wildman–Crippen LogP) is 3.77. The van der Waals surface area contributed by atoms with Gasteiger partial charge in [0.15, 0.2) is 5.06 Å². The van der Waals surface area contributed by atoms with Crippen molar-refractivity contribution in [3.8, 4) is 5.06 Å². The first-order valence-corrected chi connectivity index (χ1v) is 6.01. The molecule has 0 aliphatic rings. The molecular formula is C10H9IOS. The number of halogens is 1. The lowest BCUT2D eigenvalue weighted by atomic mass is 10.1. The number of fused-ring (bicyclic) bond motifs is 1. The molecule has 0 spiro atoms. The average molecular weight is 304 g/mol. The summed E-state index contributed by atoms with van der Waals surface area (Å²) in [7, 11) is 0. The highest BCUT2D eigenvalue weighted by atomic mass is 127. The van der Waals surface area contributed by atoms with Crippen molar-refractivity contribution in [2.45, 2.75) is 13.3 Å². The smallest absolute Gasteiger partial charge is 0.172 e. The minimum Gasteiger partial charge on any atom is -0.499 e. The van der Waals surface area contributed by atoms with Crippen molar-refractivity contribution >= 4 is 44.0 Å². The topological polar surface area (TPSA) is 20.2 Å². The number of aromatic hydroxyl groups is 1. The predicted molar refractivity (Wildman–Crippen MR) is 65.6 cm³/mol. The highest BCUT2D eigenvalue weighted by molar-refractivity contribution is 14.1. The van der Waals surface area contributed by atoms with Crippen LogP contribution in [-0.4, -0.2) is 5.11 Å². The molecule has 1 N–H and O–H groups in total. The average Bonchev–Trinajstić information content (AvgIpc) is 2.45. The maximum atomic E-state index is 9.38. The van der Waals surface area contributed by atoms with Gasteiger partial charge in [-0.05, 0) is 52.8 Å². The van der Waals surface area contributed by atoms with Gasteiger partial charge in [-0.2, -0.15) is 0 Å².